The van der Waals surface area contributed by atoms with E-state index >= 15 is 0 Å². The number of rotatable bonds is 19. The molecule has 0 bridgehead atoms. The number of hydrogen-bond donors (Lipinski definition) is 0. The number of azo groups is 1. The molecule has 184 valence electrons. The van der Waals surface area contributed by atoms with Crippen molar-refractivity contribution in [3.8, 4) is 5.75 Å². The van der Waals surface area contributed by atoms with Gasteiger partial charge in [-0.3, -0.25) is 0 Å². The fourth-order valence-electron chi connectivity index (χ4n) is 3.67. The molecule has 0 aromatic heterocycles. The Hall–Kier alpha value is -2.84. The predicted octanol–water partition coefficient (Wildman–Crippen LogP) is 9.65. The molecule has 2 aromatic rings. The van der Waals surface area contributed by atoms with E-state index in [1.165, 1.54) is 63.4 Å². The predicted molar refractivity (Wildman–Crippen MR) is 142 cm³/mol. The van der Waals surface area contributed by atoms with Crippen molar-refractivity contribution in [3.05, 3.63) is 72.7 Å². The fraction of sp³-hybridized carbons (Fsp3) is 0.500. The highest BCUT2D eigenvalue weighted by atomic mass is 16.5. The molecule has 0 N–H and O–H groups in total. The topological polar surface area (TPSA) is 43.2 Å². The molecular formula is C30H42N2O2. The summed E-state index contributed by atoms with van der Waals surface area (Å²) in [6, 6.07) is 16.2. The van der Waals surface area contributed by atoms with Crippen molar-refractivity contribution in [1.29, 1.82) is 0 Å². The van der Waals surface area contributed by atoms with Gasteiger partial charge in [0.15, 0.2) is 0 Å². The van der Waals surface area contributed by atoms with Crippen LogP contribution in [0.5, 0.6) is 5.75 Å². The first-order valence-electron chi connectivity index (χ1n) is 13.0. The minimum absolute atomic E-state index is 0.768. The van der Waals surface area contributed by atoms with E-state index in [1.54, 1.807) is 6.26 Å². The van der Waals surface area contributed by atoms with Crippen molar-refractivity contribution >= 4 is 11.4 Å². The van der Waals surface area contributed by atoms with Crippen LogP contribution in [0.15, 0.2) is 77.3 Å². The molecule has 2 rings (SSSR count). The first-order valence-corrected chi connectivity index (χ1v) is 13.0. The average molecular weight is 463 g/mol. The Kier molecular flexibility index (Phi) is 15.0. The number of unbranched alkanes of at least 4 members (excludes halogenated alkanes) is 9. The molecule has 0 saturated heterocycles. The normalized spacial score (nSPS) is 10.9. The lowest BCUT2D eigenvalue weighted by molar-refractivity contribution is 0.241. The quantitative estimate of drug-likeness (QED) is 0.0902. The van der Waals surface area contributed by atoms with Gasteiger partial charge in [-0.25, -0.2) is 0 Å². The van der Waals surface area contributed by atoms with Gasteiger partial charge in [0.1, 0.15) is 12.0 Å². The highest BCUT2D eigenvalue weighted by Gasteiger charge is 1.98. The monoisotopic (exact) mass is 462 g/mol. The maximum Gasteiger partial charge on any atom is 0.124 e. The molecule has 0 radical (unpaired) electrons. The molecule has 0 heterocycles. The summed E-state index contributed by atoms with van der Waals surface area (Å²) in [7, 11) is 0. The Labute approximate surface area is 206 Å². The number of benzene rings is 2. The summed E-state index contributed by atoms with van der Waals surface area (Å²) in [5, 5.41) is 8.68. The summed E-state index contributed by atoms with van der Waals surface area (Å²) in [4.78, 5) is 0. The van der Waals surface area contributed by atoms with E-state index in [0.29, 0.717) is 0 Å². The Morgan fingerprint density at radius 2 is 1.24 bits per heavy atom. The Bertz CT molecular complexity index is 837. The van der Waals surface area contributed by atoms with Gasteiger partial charge in [-0.15, -0.1) is 0 Å². The molecule has 34 heavy (non-hydrogen) atoms. The number of hydrogen-bond acceptors (Lipinski definition) is 4. The van der Waals surface area contributed by atoms with Gasteiger partial charge in [-0.1, -0.05) is 82.7 Å². The van der Waals surface area contributed by atoms with Gasteiger partial charge in [0.2, 0.25) is 0 Å². The largest absolute Gasteiger partial charge is 0.494 e. The van der Waals surface area contributed by atoms with Gasteiger partial charge in [0.25, 0.3) is 0 Å². The van der Waals surface area contributed by atoms with Crippen LogP contribution in [-0.4, -0.2) is 13.2 Å². The smallest absolute Gasteiger partial charge is 0.124 e. The van der Waals surface area contributed by atoms with Crippen LogP contribution in [0.25, 0.3) is 0 Å². The Morgan fingerprint density at radius 1 is 0.706 bits per heavy atom. The van der Waals surface area contributed by atoms with Crippen molar-refractivity contribution in [2.24, 2.45) is 10.2 Å². The lowest BCUT2D eigenvalue weighted by Gasteiger charge is -2.06. The zero-order valence-electron chi connectivity index (χ0n) is 21.0. The van der Waals surface area contributed by atoms with E-state index in [9.17, 15) is 0 Å². The van der Waals surface area contributed by atoms with E-state index in [1.807, 2.05) is 36.4 Å². The molecule has 0 fully saturated rings. The summed E-state index contributed by atoms with van der Waals surface area (Å²) in [5.74, 6) is 0.895. The third kappa shape index (κ3) is 13.0. The van der Waals surface area contributed by atoms with Gasteiger partial charge in [0, 0.05) is 0 Å². The van der Waals surface area contributed by atoms with Crippen molar-refractivity contribution in [2.75, 3.05) is 13.2 Å². The molecule has 4 heteroatoms. The highest BCUT2D eigenvalue weighted by Crippen LogP contribution is 2.22. The van der Waals surface area contributed by atoms with Crippen LogP contribution < -0.4 is 4.74 Å². The SMILES string of the molecule is C=C=COCCCCCCCCCCCOc1ccc(N=Nc2ccc(CCCC)cc2)cc1. The summed E-state index contributed by atoms with van der Waals surface area (Å²) in [6.45, 7) is 7.24. The lowest BCUT2D eigenvalue weighted by atomic mass is 10.1. The third-order valence-electron chi connectivity index (χ3n) is 5.71. The summed E-state index contributed by atoms with van der Waals surface area (Å²) in [6.07, 6.45) is 16.3. The molecule has 0 saturated carbocycles. The second-order valence-electron chi connectivity index (χ2n) is 8.69. The summed E-state index contributed by atoms with van der Waals surface area (Å²) in [5.41, 5.74) is 5.70. The minimum Gasteiger partial charge on any atom is -0.494 e. The molecule has 0 unspecified atom stereocenters. The Morgan fingerprint density at radius 3 is 1.79 bits per heavy atom. The molecule has 4 nitrogen and oxygen atoms in total. The van der Waals surface area contributed by atoms with Crippen LogP contribution in [0.4, 0.5) is 11.4 Å². The third-order valence-corrected chi connectivity index (χ3v) is 5.71. The average Bonchev–Trinajstić information content (AvgIpc) is 2.87. The lowest BCUT2D eigenvalue weighted by Crippen LogP contribution is -1.96. The second-order valence-corrected chi connectivity index (χ2v) is 8.69. The maximum absolute atomic E-state index is 5.87. The molecular weight excluding hydrogens is 420 g/mol. The highest BCUT2D eigenvalue weighted by molar-refractivity contribution is 5.43. The van der Waals surface area contributed by atoms with Gasteiger partial charge < -0.3 is 9.47 Å². The van der Waals surface area contributed by atoms with Crippen LogP contribution in [0.1, 0.15) is 83.1 Å². The van der Waals surface area contributed by atoms with Gasteiger partial charge in [-0.2, -0.15) is 10.2 Å². The molecule has 2 aromatic carbocycles. The van der Waals surface area contributed by atoms with E-state index < -0.39 is 0 Å². The standard InChI is InChI=1S/C30H42N2O2/c1-3-5-15-27-16-18-28(19-17-27)31-32-29-20-22-30(23-21-29)34-26-14-12-10-8-6-7-9-11-13-25-33-24-4-2/h16-24H,2-3,5-15,25-26H2,1H3. The van der Waals surface area contributed by atoms with Gasteiger partial charge in [-0.05, 0) is 67.6 Å². The van der Waals surface area contributed by atoms with Crippen LogP contribution in [0, 0.1) is 0 Å². The van der Waals surface area contributed by atoms with Crippen molar-refractivity contribution < 1.29 is 9.47 Å². The molecule has 0 aliphatic heterocycles. The van der Waals surface area contributed by atoms with Crippen LogP contribution in [0.3, 0.4) is 0 Å². The molecule has 0 atom stereocenters. The van der Waals surface area contributed by atoms with E-state index in [-0.39, 0.29) is 0 Å². The minimum atomic E-state index is 0.768. The molecule has 0 spiro atoms. The van der Waals surface area contributed by atoms with Gasteiger partial charge in [0.05, 0.1) is 24.6 Å². The zero-order valence-corrected chi connectivity index (χ0v) is 21.0. The zero-order chi connectivity index (χ0) is 24.1. The number of aryl methyl sites for hydroxylation is 1. The van der Waals surface area contributed by atoms with E-state index in [4.69, 9.17) is 9.47 Å². The Balaban J connectivity index is 1.50. The van der Waals surface area contributed by atoms with Crippen LogP contribution in [-0.2, 0) is 11.2 Å². The fourth-order valence-corrected chi connectivity index (χ4v) is 3.67. The maximum atomic E-state index is 5.87. The van der Waals surface area contributed by atoms with Crippen molar-refractivity contribution in [1.82, 2.24) is 0 Å². The first kappa shape index (κ1) is 27.4. The van der Waals surface area contributed by atoms with Crippen LogP contribution in [0.2, 0.25) is 0 Å². The van der Waals surface area contributed by atoms with E-state index in [2.05, 4.69) is 41.6 Å². The molecule has 0 aliphatic rings. The van der Waals surface area contributed by atoms with Gasteiger partial charge >= 0.3 is 0 Å². The summed E-state index contributed by atoms with van der Waals surface area (Å²) < 4.78 is 11.1. The summed E-state index contributed by atoms with van der Waals surface area (Å²) >= 11 is 0. The van der Waals surface area contributed by atoms with Crippen molar-refractivity contribution in [3.63, 3.8) is 0 Å². The molecule has 0 amide bonds. The number of nitrogens with zero attached hydrogens (tertiary/aromatic N) is 2. The van der Waals surface area contributed by atoms with E-state index in [0.717, 1.165) is 49.6 Å². The first-order chi connectivity index (χ1) is 16.8. The number of ether oxygens (including phenoxy) is 2. The van der Waals surface area contributed by atoms with Crippen LogP contribution >= 0.6 is 0 Å². The van der Waals surface area contributed by atoms with Crippen molar-refractivity contribution in [2.45, 2.75) is 84.0 Å². The molecule has 0 aliphatic carbocycles. The second kappa shape index (κ2) is 18.6.